The first kappa shape index (κ1) is 14.0. The van der Waals surface area contributed by atoms with Gasteiger partial charge in [0.15, 0.2) is 0 Å². The molecule has 1 aromatic heterocycles. The zero-order valence-corrected chi connectivity index (χ0v) is 12.1. The van der Waals surface area contributed by atoms with Gasteiger partial charge in [-0.1, -0.05) is 13.8 Å². The lowest BCUT2D eigenvalue weighted by Gasteiger charge is -2.16. The first-order chi connectivity index (χ1) is 7.76. The minimum atomic E-state index is 0.575. The van der Waals surface area contributed by atoms with Gasteiger partial charge in [0.25, 0.3) is 0 Å². The number of aryl methyl sites for hydroxylation is 1. The number of hydrogen-bond donors (Lipinski definition) is 1. The monoisotopic (exact) mass is 258 g/mol. The van der Waals surface area contributed by atoms with Gasteiger partial charge in [0.05, 0.1) is 10.7 Å². The first-order valence-electron chi connectivity index (χ1n) is 5.98. The van der Waals surface area contributed by atoms with Crippen molar-refractivity contribution in [2.45, 2.75) is 39.7 Å². The van der Waals surface area contributed by atoms with Crippen molar-refractivity contribution in [3.05, 3.63) is 16.1 Å². The summed E-state index contributed by atoms with van der Waals surface area (Å²) in [5.74, 6) is 2.38. The van der Waals surface area contributed by atoms with Gasteiger partial charge in [-0.25, -0.2) is 4.98 Å². The molecular formula is C12H22N2S2. The Bertz CT molecular complexity index is 278. The number of nitrogens with one attached hydrogen (secondary N) is 1. The maximum atomic E-state index is 4.54. The molecule has 0 amide bonds. The second-order valence-corrected chi connectivity index (χ2v) is 6.25. The van der Waals surface area contributed by atoms with Crippen LogP contribution >= 0.6 is 23.1 Å². The molecule has 1 N–H and O–H groups in total. The summed E-state index contributed by atoms with van der Waals surface area (Å²) in [5, 5.41) is 6.97. The average Bonchev–Trinajstić information content (AvgIpc) is 2.68. The Labute approximate surface area is 107 Å². The summed E-state index contributed by atoms with van der Waals surface area (Å²) in [7, 11) is 0. The van der Waals surface area contributed by atoms with E-state index >= 15 is 0 Å². The Morgan fingerprint density at radius 1 is 1.50 bits per heavy atom. The van der Waals surface area contributed by atoms with Gasteiger partial charge in [-0.3, -0.25) is 0 Å². The van der Waals surface area contributed by atoms with E-state index in [9.17, 15) is 0 Å². The van der Waals surface area contributed by atoms with E-state index in [2.05, 4.69) is 36.5 Å². The van der Waals surface area contributed by atoms with E-state index in [1.54, 1.807) is 11.3 Å². The third kappa shape index (κ3) is 5.32. The average molecular weight is 258 g/mol. The fourth-order valence-corrected chi connectivity index (χ4v) is 2.93. The van der Waals surface area contributed by atoms with Crippen LogP contribution in [0.4, 0.5) is 0 Å². The van der Waals surface area contributed by atoms with Crippen LogP contribution in [0.3, 0.4) is 0 Å². The largest absolute Gasteiger partial charge is 0.313 e. The van der Waals surface area contributed by atoms with Crippen molar-refractivity contribution in [2.75, 3.05) is 18.1 Å². The second-order valence-electron chi connectivity index (χ2n) is 3.87. The molecule has 0 radical (unpaired) electrons. The SMILES string of the molecule is CCCNC(CSCC)Cc1csc(C)n1. The summed E-state index contributed by atoms with van der Waals surface area (Å²) < 4.78 is 0. The molecule has 4 heteroatoms. The lowest BCUT2D eigenvalue weighted by atomic mass is 10.2. The van der Waals surface area contributed by atoms with E-state index in [0.717, 1.165) is 13.0 Å². The molecule has 0 fully saturated rings. The number of thiazole rings is 1. The quantitative estimate of drug-likeness (QED) is 0.775. The molecule has 92 valence electrons. The summed E-state index contributed by atoms with van der Waals surface area (Å²) in [5.41, 5.74) is 1.24. The van der Waals surface area contributed by atoms with E-state index in [0.29, 0.717) is 6.04 Å². The normalized spacial score (nSPS) is 12.9. The molecule has 0 aromatic carbocycles. The van der Waals surface area contributed by atoms with E-state index in [1.807, 2.05) is 11.8 Å². The van der Waals surface area contributed by atoms with Crippen molar-refractivity contribution in [3.63, 3.8) is 0 Å². The van der Waals surface area contributed by atoms with Gasteiger partial charge in [-0.2, -0.15) is 11.8 Å². The van der Waals surface area contributed by atoms with Gasteiger partial charge < -0.3 is 5.32 Å². The van der Waals surface area contributed by atoms with E-state index in [4.69, 9.17) is 0 Å². The van der Waals surface area contributed by atoms with Gasteiger partial charge in [0.1, 0.15) is 0 Å². The molecule has 1 rings (SSSR count). The summed E-state index contributed by atoms with van der Waals surface area (Å²) in [6, 6.07) is 0.575. The number of rotatable bonds is 8. The Balaban J connectivity index is 2.41. The van der Waals surface area contributed by atoms with Crippen LogP contribution in [-0.2, 0) is 6.42 Å². The molecule has 2 nitrogen and oxygen atoms in total. The zero-order valence-electron chi connectivity index (χ0n) is 10.5. The minimum Gasteiger partial charge on any atom is -0.313 e. The Morgan fingerprint density at radius 3 is 2.88 bits per heavy atom. The standard InChI is InChI=1S/C12H22N2S2/c1-4-6-13-11(8-15-5-2)7-12-9-16-10(3)14-12/h9,11,13H,4-8H2,1-3H3. The Morgan fingerprint density at radius 2 is 2.31 bits per heavy atom. The maximum absolute atomic E-state index is 4.54. The third-order valence-corrected chi connectivity index (χ3v) is 4.20. The van der Waals surface area contributed by atoms with Crippen molar-refractivity contribution in [1.29, 1.82) is 0 Å². The van der Waals surface area contributed by atoms with Crippen LogP contribution in [0.2, 0.25) is 0 Å². The Hall–Kier alpha value is -0.0600. The van der Waals surface area contributed by atoms with Gasteiger partial charge >= 0.3 is 0 Å². The van der Waals surface area contributed by atoms with Crippen molar-refractivity contribution in [2.24, 2.45) is 0 Å². The number of nitrogens with zero attached hydrogens (tertiary/aromatic N) is 1. The predicted molar refractivity (Wildman–Crippen MR) is 75.6 cm³/mol. The molecule has 1 aromatic rings. The molecule has 1 heterocycles. The second kappa shape index (κ2) is 8.09. The van der Waals surface area contributed by atoms with Gasteiger partial charge in [0, 0.05) is 23.6 Å². The molecule has 0 saturated carbocycles. The van der Waals surface area contributed by atoms with E-state index in [1.165, 1.54) is 28.6 Å². The summed E-state index contributed by atoms with van der Waals surface area (Å²) in [6.45, 7) is 7.61. The molecule has 0 spiro atoms. The third-order valence-electron chi connectivity index (χ3n) is 2.33. The molecule has 0 aliphatic rings. The van der Waals surface area contributed by atoms with Crippen LogP contribution < -0.4 is 5.32 Å². The van der Waals surface area contributed by atoms with Crippen molar-refractivity contribution in [3.8, 4) is 0 Å². The predicted octanol–water partition coefficient (Wildman–Crippen LogP) is 3.12. The summed E-state index contributed by atoms with van der Waals surface area (Å²) in [4.78, 5) is 4.54. The summed E-state index contributed by atoms with van der Waals surface area (Å²) in [6.07, 6.45) is 2.26. The highest BCUT2D eigenvalue weighted by Gasteiger charge is 2.10. The smallest absolute Gasteiger partial charge is 0.0897 e. The first-order valence-corrected chi connectivity index (χ1v) is 8.01. The molecule has 1 atom stereocenters. The van der Waals surface area contributed by atoms with E-state index in [-0.39, 0.29) is 0 Å². The highest BCUT2D eigenvalue weighted by Crippen LogP contribution is 2.12. The van der Waals surface area contributed by atoms with Crippen LogP contribution in [0.25, 0.3) is 0 Å². The molecule has 1 unspecified atom stereocenters. The lowest BCUT2D eigenvalue weighted by molar-refractivity contribution is 0.546. The fourth-order valence-electron chi connectivity index (χ4n) is 1.55. The van der Waals surface area contributed by atoms with Crippen LogP contribution in [0.1, 0.15) is 31.0 Å². The van der Waals surface area contributed by atoms with Crippen LogP contribution in [0.5, 0.6) is 0 Å². The van der Waals surface area contributed by atoms with Crippen LogP contribution in [0.15, 0.2) is 5.38 Å². The number of thioether (sulfide) groups is 1. The molecule has 0 bridgehead atoms. The molecule has 16 heavy (non-hydrogen) atoms. The fraction of sp³-hybridized carbons (Fsp3) is 0.750. The molecule has 0 saturated heterocycles. The van der Waals surface area contributed by atoms with Gasteiger partial charge in [-0.15, -0.1) is 11.3 Å². The topological polar surface area (TPSA) is 24.9 Å². The van der Waals surface area contributed by atoms with Gasteiger partial charge in [0.2, 0.25) is 0 Å². The highest BCUT2D eigenvalue weighted by atomic mass is 32.2. The minimum absolute atomic E-state index is 0.575. The molecular weight excluding hydrogens is 236 g/mol. The van der Waals surface area contributed by atoms with Crippen molar-refractivity contribution in [1.82, 2.24) is 10.3 Å². The Kier molecular flexibility index (Phi) is 7.08. The van der Waals surface area contributed by atoms with Crippen LogP contribution in [-0.4, -0.2) is 29.1 Å². The maximum Gasteiger partial charge on any atom is 0.0897 e. The summed E-state index contributed by atoms with van der Waals surface area (Å²) >= 11 is 3.75. The van der Waals surface area contributed by atoms with Crippen molar-refractivity contribution >= 4 is 23.1 Å². The number of aromatic nitrogens is 1. The van der Waals surface area contributed by atoms with Crippen molar-refractivity contribution < 1.29 is 0 Å². The van der Waals surface area contributed by atoms with Gasteiger partial charge in [-0.05, 0) is 25.6 Å². The lowest BCUT2D eigenvalue weighted by Crippen LogP contribution is -2.34. The molecule has 0 aliphatic carbocycles. The van der Waals surface area contributed by atoms with E-state index < -0.39 is 0 Å². The van der Waals surface area contributed by atoms with Crippen LogP contribution in [0, 0.1) is 6.92 Å². The zero-order chi connectivity index (χ0) is 11.8. The highest BCUT2D eigenvalue weighted by molar-refractivity contribution is 7.99. The molecule has 0 aliphatic heterocycles. The number of hydrogen-bond acceptors (Lipinski definition) is 4.